The number of hydrogen-bond donors (Lipinski definition) is 1. The molecule has 6 heteroatoms. The van der Waals surface area contributed by atoms with E-state index >= 15 is 0 Å². The maximum absolute atomic E-state index is 13.3. The van der Waals surface area contributed by atoms with E-state index < -0.39 is 0 Å². The molecular weight excluding hydrogens is 472 g/mol. The van der Waals surface area contributed by atoms with Crippen LogP contribution >= 0.6 is 24.0 Å². The number of hydrogen-bond acceptors (Lipinski definition) is 4. The van der Waals surface area contributed by atoms with Crippen LogP contribution in [0.15, 0.2) is 83.8 Å². The lowest BCUT2D eigenvalue weighted by molar-refractivity contribution is -0.122. The molecule has 1 aliphatic rings. The summed E-state index contributed by atoms with van der Waals surface area (Å²) in [7, 11) is 0. The van der Waals surface area contributed by atoms with Crippen molar-refractivity contribution in [2.75, 3.05) is 11.9 Å². The van der Waals surface area contributed by atoms with Crippen molar-refractivity contribution in [1.29, 1.82) is 0 Å². The lowest BCUT2D eigenvalue weighted by atomic mass is 9.96. The summed E-state index contributed by atoms with van der Waals surface area (Å²) in [5, 5.41) is 7.41. The maximum Gasteiger partial charge on any atom is 0.266 e. The number of carbonyl (C=O) groups is 2. The number of carbonyl (C=O) groups excluding carboxylic acids is 2. The van der Waals surface area contributed by atoms with Gasteiger partial charge in [0.05, 0.1) is 4.91 Å². The van der Waals surface area contributed by atoms with Crippen LogP contribution in [0.1, 0.15) is 24.0 Å². The van der Waals surface area contributed by atoms with Crippen LogP contribution < -0.4 is 5.32 Å². The van der Waals surface area contributed by atoms with Gasteiger partial charge in [0.25, 0.3) is 5.91 Å². The van der Waals surface area contributed by atoms with Gasteiger partial charge in [-0.2, -0.15) is 0 Å². The Bertz CT molecular complexity index is 1460. The second-order valence-electron chi connectivity index (χ2n) is 8.53. The van der Waals surface area contributed by atoms with Crippen LogP contribution in [0.4, 0.5) is 5.69 Å². The number of thioether (sulfide) groups is 1. The van der Waals surface area contributed by atoms with Crippen LogP contribution in [0.25, 0.3) is 27.6 Å². The average Bonchev–Trinajstić information content (AvgIpc) is 3.12. The Labute approximate surface area is 214 Å². The fraction of sp³-hybridized carbons (Fsp3) is 0.138. The molecule has 4 nitrogen and oxygen atoms in total. The Morgan fingerprint density at radius 3 is 2.29 bits per heavy atom. The van der Waals surface area contributed by atoms with Crippen LogP contribution in [0, 0.1) is 6.92 Å². The summed E-state index contributed by atoms with van der Waals surface area (Å²) in [6, 6.07) is 26.3. The van der Waals surface area contributed by atoms with E-state index in [4.69, 9.17) is 12.2 Å². The Morgan fingerprint density at radius 1 is 0.971 bits per heavy atom. The molecule has 1 N–H and O–H groups in total. The van der Waals surface area contributed by atoms with Gasteiger partial charge in [-0.3, -0.25) is 14.5 Å². The van der Waals surface area contributed by atoms with Gasteiger partial charge in [-0.05, 0) is 64.2 Å². The summed E-state index contributed by atoms with van der Waals surface area (Å²) in [5.41, 5.74) is 2.86. The Morgan fingerprint density at radius 2 is 1.60 bits per heavy atom. The molecule has 1 heterocycles. The van der Waals surface area contributed by atoms with Gasteiger partial charge in [-0.25, -0.2) is 0 Å². The summed E-state index contributed by atoms with van der Waals surface area (Å²) in [4.78, 5) is 27.9. The molecule has 0 saturated carbocycles. The molecule has 5 rings (SSSR count). The molecule has 1 aliphatic heterocycles. The zero-order chi connectivity index (χ0) is 24.4. The SMILES string of the molecule is Cc1ccccc1NC(=O)CCCN1C(=O)/C(=C/c2c3ccccc3cc3ccccc23)SC1=S. The minimum Gasteiger partial charge on any atom is -0.326 e. The quantitative estimate of drug-likeness (QED) is 0.179. The molecule has 1 saturated heterocycles. The molecule has 4 aromatic carbocycles. The summed E-state index contributed by atoms with van der Waals surface area (Å²) in [6.45, 7) is 2.38. The van der Waals surface area contributed by atoms with Gasteiger partial charge in [0.15, 0.2) is 0 Å². The molecule has 174 valence electrons. The molecule has 35 heavy (non-hydrogen) atoms. The van der Waals surface area contributed by atoms with Crippen LogP contribution in [-0.2, 0) is 9.59 Å². The average molecular weight is 497 g/mol. The van der Waals surface area contributed by atoms with E-state index in [0.29, 0.717) is 28.6 Å². The van der Waals surface area contributed by atoms with Crippen molar-refractivity contribution in [2.24, 2.45) is 0 Å². The number of aryl methyl sites for hydroxylation is 1. The number of amides is 2. The Hall–Kier alpha value is -3.48. The number of rotatable bonds is 6. The van der Waals surface area contributed by atoms with E-state index in [1.54, 1.807) is 4.90 Å². The Kier molecular flexibility index (Phi) is 6.66. The normalized spacial score (nSPS) is 14.9. The maximum atomic E-state index is 13.3. The van der Waals surface area contributed by atoms with Gasteiger partial charge >= 0.3 is 0 Å². The minimum absolute atomic E-state index is 0.0671. The minimum atomic E-state index is -0.101. The van der Waals surface area contributed by atoms with Crippen LogP contribution in [-0.4, -0.2) is 27.6 Å². The predicted molar refractivity (Wildman–Crippen MR) is 150 cm³/mol. The highest BCUT2D eigenvalue weighted by molar-refractivity contribution is 8.26. The van der Waals surface area contributed by atoms with Gasteiger partial charge in [0, 0.05) is 18.7 Å². The number of thiocarbonyl (C=S) groups is 1. The van der Waals surface area contributed by atoms with Crippen LogP contribution in [0.2, 0.25) is 0 Å². The van der Waals surface area contributed by atoms with Crippen molar-refractivity contribution in [3.05, 3.63) is 94.9 Å². The highest BCUT2D eigenvalue weighted by Crippen LogP contribution is 2.36. The summed E-state index contributed by atoms with van der Waals surface area (Å²) in [6.07, 6.45) is 2.82. The van der Waals surface area contributed by atoms with Gasteiger partial charge < -0.3 is 5.32 Å². The van der Waals surface area contributed by atoms with Crippen molar-refractivity contribution in [3.8, 4) is 0 Å². The van der Waals surface area contributed by atoms with E-state index in [9.17, 15) is 9.59 Å². The molecule has 0 spiro atoms. The highest BCUT2D eigenvalue weighted by Gasteiger charge is 2.32. The molecule has 0 bridgehead atoms. The molecule has 0 atom stereocenters. The number of nitrogens with one attached hydrogen (secondary N) is 1. The van der Waals surface area contributed by atoms with Crippen molar-refractivity contribution < 1.29 is 9.59 Å². The molecular formula is C29H24N2O2S2. The number of benzene rings is 4. The van der Waals surface area contributed by atoms with Gasteiger partial charge in [-0.1, -0.05) is 90.7 Å². The van der Waals surface area contributed by atoms with Gasteiger partial charge in [-0.15, -0.1) is 0 Å². The third-order valence-electron chi connectivity index (χ3n) is 6.17. The van der Waals surface area contributed by atoms with Crippen LogP contribution in [0.5, 0.6) is 0 Å². The number of para-hydroxylation sites is 1. The third-order valence-corrected chi connectivity index (χ3v) is 7.54. The molecule has 4 aromatic rings. The largest absolute Gasteiger partial charge is 0.326 e. The molecule has 0 radical (unpaired) electrons. The monoisotopic (exact) mass is 496 g/mol. The molecule has 0 aliphatic carbocycles. The zero-order valence-electron chi connectivity index (χ0n) is 19.3. The smallest absolute Gasteiger partial charge is 0.266 e. The zero-order valence-corrected chi connectivity index (χ0v) is 20.9. The summed E-state index contributed by atoms with van der Waals surface area (Å²) >= 11 is 6.86. The van der Waals surface area contributed by atoms with Crippen molar-refractivity contribution in [3.63, 3.8) is 0 Å². The van der Waals surface area contributed by atoms with E-state index in [1.807, 2.05) is 61.5 Å². The van der Waals surface area contributed by atoms with E-state index in [-0.39, 0.29) is 11.8 Å². The first-order valence-electron chi connectivity index (χ1n) is 11.5. The predicted octanol–water partition coefficient (Wildman–Crippen LogP) is 6.92. The standard InChI is InChI=1S/C29H24N2O2S2/c1-19-9-2-7-14-25(19)30-27(32)15-8-16-31-28(33)26(35-29(31)34)18-24-22-12-5-3-10-20(22)17-21-11-4-6-13-23(21)24/h2-7,9-14,17-18H,8,15-16H2,1H3,(H,30,32)/b26-18-. The number of nitrogens with zero attached hydrogens (tertiary/aromatic N) is 1. The van der Waals surface area contributed by atoms with E-state index in [1.165, 1.54) is 11.8 Å². The fourth-order valence-electron chi connectivity index (χ4n) is 4.35. The van der Waals surface area contributed by atoms with E-state index in [0.717, 1.165) is 38.4 Å². The summed E-state index contributed by atoms with van der Waals surface area (Å²) in [5.74, 6) is -0.168. The highest BCUT2D eigenvalue weighted by atomic mass is 32.2. The topological polar surface area (TPSA) is 49.4 Å². The second kappa shape index (κ2) is 10.0. The molecule has 0 unspecified atom stereocenters. The lowest BCUT2D eigenvalue weighted by Crippen LogP contribution is -2.29. The van der Waals surface area contributed by atoms with Gasteiger partial charge in [0.1, 0.15) is 4.32 Å². The summed E-state index contributed by atoms with van der Waals surface area (Å²) < 4.78 is 0.533. The lowest BCUT2D eigenvalue weighted by Gasteiger charge is -2.14. The van der Waals surface area contributed by atoms with Gasteiger partial charge in [0.2, 0.25) is 5.91 Å². The first kappa shape index (κ1) is 23.3. The Balaban J connectivity index is 1.33. The van der Waals surface area contributed by atoms with Crippen molar-refractivity contribution in [1.82, 2.24) is 4.90 Å². The number of fused-ring (bicyclic) bond motifs is 2. The third kappa shape index (κ3) is 4.85. The van der Waals surface area contributed by atoms with E-state index in [2.05, 4.69) is 35.6 Å². The molecule has 0 aromatic heterocycles. The first-order valence-corrected chi connectivity index (χ1v) is 12.7. The van der Waals surface area contributed by atoms with Crippen molar-refractivity contribution >= 4 is 73.4 Å². The van der Waals surface area contributed by atoms with Crippen LogP contribution in [0.3, 0.4) is 0 Å². The first-order chi connectivity index (χ1) is 17.0. The molecule has 1 fully saturated rings. The van der Waals surface area contributed by atoms with Crippen molar-refractivity contribution in [2.45, 2.75) is 19.8 Å². The fourth-order valence-corrected chi connectivity index (χ4v) is 5.64. The number of anilines is 1. The second-order valence-corrected chi connectivity index (χ2v) is 10.2. The molecule has 2 amide bonds.